The second kappa shape index (κ2) is 14.3. The molecule has 1 aliphatic rings. The number of aryl methyl sites for hydroxylation is 1. The predicted octanol–water partition coefficient (Wildman–Crippen LogP) is 6.22. The highest BCUT2D eigenvalue weighted by Crippen LogP contribution is 2.27. The van der Waals surface area contributed by atoms with Crippen LogP contribution in [-0.4, -0.2) is 51.9 Å². The Labute approximate surface area is 255 Å². The smallest absolute Gasteiger partial charge is 0.256 e. The van der Waals surface area contributed by atoms with E-state index in [1.54, 1.807) is 0 Å². The molecule has 0 spiro atoms. The van der Waals surface area contributed by atoms with Crippen LogP contribution in [0.2, 0.25) is 0 Å². The Hall–Kier alpha value is -3.87. The molecule has 5 rings (SSSR count). The Kier molecular flexibility index (Phi) is 10.6. The third-order valence-electron chi connectivity index (χ3n) is 8.12. The van der Waals surface area contributed by atoms with Gasteiger partial charge in [-0.3, -0.25) is 9.59 Å². The molecule has 42 heavy (non-hydrogen) atoms. The number of aromatic nitrogens is 1. The molecule has 0 fully saturated rings. The summed E-state index contributed by atoms with van der Waals surface area (Å²) in [6.07, 6.45) is 5.43. The third-order valence-corrected chi connectivity index (χ3v) is 8.12. The van der Waals surface area contributed by atoms with Crippen LogP contribution in [0.5, 0.6) is 0 Å². The molecule has 2 heterocycles. The van der Waals surface area contributed by atoms with E-state index in [0.29, 0.717) is 30.8 Å². The first-order valence-electron chi connectivity index (χ1n) is 14.7. The number of hydrogen-bond acceptors (Lipinski definition) is 3. The van der Waals surface area contributed by atoms with E-state index in [1.807, 2.05) is 88.2 Å². The van der Waals surface area contributed by atoms with E-state index >= 15 is 0 Å². The van der Waals surface area contributed by atoms with E-state index in [-0.39, 0.29) is 30.3 Å². The van der Waals surface area contributed by atoms with Gasteiger partial charge in [-0.2, -0.15) is 0 Å². The van der Waals surface area contributed by atoms with E-state index in [2.05, 4.69) is 31.2 Å². The number of para-hydroxylation sites is 1. The number of hydrogen-bond donors (Lipinski definition) is 1. The maximum absolute atomic E-state index is 14.1. The van der Waals surface area contributed by atoms with Crippen LogP contribution in [0.4, 0.5) is 0 Å². The minimum Gasteiger partial charge on any atom is -0.338 e. The SMILES string of the molecule is CCCCN(CCc1ccccc1)C(=O)c1cc(C)n(-c2ccccc2C(=O)N2Cc3ccccc3C[C@H]2CN)c1.Cl. The van der Waals surface area contributed by atoms with Gasteiger partial charge in [-0.15, -0.1) is 12.4 Å². The standard InChI is InChI=1S/C35H40N4O2.ClH/c1-3-4-19-37(20-18-27-12-6-5-7-13-27)34(40)30-21-26(2)38(25-30)33-17-11-10-16-32(33)35(41)39-24-29-15-9-8-14-28(29)22-31(39)23-36;/h5-17,21,25,31H,3-4,18-20,22-24,36H2,1-2H3;1H/t31-;/m0./s1. The molecule has 1 aliphatic heterocycles. The van der Waals surface area contributed by atoms with Crippen molar-refractivity contribution >= 4 is 24.2 Å². The number of nitrogens with zero attached hydrogens (tertiary/aromatic N) is 3. The molecule has 0 bridgehead atoms. The fourth-order valence-electron chi connectivity index (χ4n) is 5.76. The molecule has 7 heteroatoms. The molecule has 0 radical (unpaired) electrons. The molecule has 1 atom stereocenters. The summed E-state index contributed by atoms with van der Waals surface area (Å²) in [6.45, 7) is 6.45. The fraction of sp³-hybridized carbons (Fsp3) is 0.314. The second-order valence-electron chi connectivity index (χ2n) is 10.9. The number of unbranched alkanes of at least 4 members (excludes halogenated alkanes) is 1. The summed E-state index contributed by atoms with van der Waals surface area (Å²) in [7, 11) is 0. The molecule has 3 aromatic carbocycles. The van der Waals surface area contributed by atoms with Crippen molar-refractivity contribution < 1.29 is 9.59 Å². The maximum atomic E-state index is 14.1. The summed E-state index contributed by atoms with van der Waals surface area (Å²) in [4.78, 5) is 31.7. The first-order valence-corrected chi connectivity index (χ1v) is 14.7. The van der Waals surface area contributed by atoms with E-state index in [4.69, 9.17) is 5.73 Å². The molecular formula is C35H41ClN4O2. The lowest BCUT2D eigenvalue weighted by atomic mass is 9.93. The van der Waals surface area contributed by atoms with Crippen LogP contribution in [0, 0.1) is 6.92 Å². The van der Waals surface area contributed by atoms with Gasteiger partial charge in [0.1, 0.15) is 0 Å². The van der Waals surface area contributed by atoms with Crippen molar-refractivity contribution in [2.45, 2.75) is 52.1 Å². The number of amides is 2. The van der Waals surface area contributed by atoms with Gasteiger partial charge in [0.25, 0.3) is 11.8 Å². The Morgan fingerprint density at radius 3 is 2.36 bits per heavy atom. The van der Waals surface area contributed by atoms with Gasteiger partial charge in [-0.1, -0.05) is 80.1 Å². The molecule has 6 nitrogen and oxygen atoms in total. The largest absolute Gasteiger partial charge is 0.338 e. The molecule has 1 aromatic heterocycles. The van der Waals surface area contributed by atoms with Crippen molar-refractivity contribution in [1.29, 1.82) is 0 Å². The van der Waals surface area contributed by atoms with Crippen LogP contribution in [-0.2, 0) is 19.4 Å². The number of carbonyl (C=O) groups is 2. The lowest BCUT2D eigenvalue weighted by Crippen LogP contribution is -2.48. The average molecular weight is 585 g/mol. The summed E-state index contributed by atoms with van der Waals surface area (Å²) in [5.74, 6) is -0.0187. The maximum Gasteiger partial charge on any atom is 0.256 e. The number of nitrogens with two attached hydrogens (primary N) is 1. The predicted molar refractivity (Wildman–Crippen MR) is 172 cm³/mol. The van der Waals surface area contributed by atoms with Crippen LogP contribution in [0.3, 0.4) is 0 Å². The Morgan fingerprint density at radius 1 is 0.929 bits per heavy atom. The molecule has 220 valence electrons. The van der Waals surface area contributed by atoms with Crippen LogP contribution >= 0.6 is 12.4 Å². The lowest BCUT2D eigenvalue weighted by molar-refractivity contribution is 0.0647. The van der Waals surface area contributed by atoms with Crippen molar-refractivity contribution in [3.8, 4) is 5.69 Å². The van der Waals surface area contributed by atoms with Gasteiger partial charge >= 0.3 is 0 Å². The number of fused-ring (bicyclic) bond motifs is 1. The van der Waals surface area contributed by atoms with Crippen LogP contribution < -0.4 is 5.73 Å². The highest BCUT2D eigenvalue weighted by atomic mass is 35.5. The van der Waals surface area contributed by atoms with Crippen LogP contribution in [0.25, 0.3) is 5.69 Å². The first kappa shape index (κ1) is 31.1. The zero-order valence-corrected chi connectivity index (χ0v) is 25.4. The minimum atomic E-state index is -0.0647. The number of halogens is 1. The van der Waals surface area contributed by atoms with Crippen molar-refractivity contribution in [3.05, 3.63) is 125 Å². The summed E-state index contributed by atoms with van der Waals surface area (Å²) in [5.41, 5.74) is 12.7. The summed E-state index contributed by atoms with van der Waals surface area (Å²) < 4.78 is 1.98. The van der Waals surface area contributed by atoms with Gasteiger partial charge in [-0.25, -0.2) is 0 Å². The monoisotopic (exact) mass is 584 g/mol. The normalized spacial score (nSPS) is 14.2. The van der Waals surface area contributed by atoms with E-state index in [1.165, 1.54) is 11.1 Å². The van der Waals surface area contributed by atoms with Crippen LogP contribution in [0.1, 0.15) is 62.9 Å². The summed E-state index contributed by atoms with van der Waals surface area (Å²) >= 11 is 0. The quantitative estimate of drug-likeness (QED) is 0.241. The number of rotatable bonds is 10. The zero-order valence-electron chi connectivity index (χ0n) is 24.5. The minimum absolute atomic E-state index is 0. The van der Waals surface area contributed by atoms with Gasteiger partial charge in [-0.05, 0) is 61.1 Å². The van der Waals surface area contributed by atoms with Crippen molar-refractivity contribution in [3.63, 3.8) is 0 Å². The van der Waals surface area contributed by atoms with Gasteiger partial charge in [0.2, 0.25) is 0 Å². The fourth-order valence-corrected chi connectivity index (χ4v) is 5.76. The zero-order chi connectivity index (χ0) is 28.8. The molecule has 0 aliphatic carbocycles. The van der Waals surface area contributed by atoms with Gasteiger partial charge in [0.15, 0.2) is 0 Å². The van der Waals surface area contributed by atoms with Crippen molar-refractivity contribution in [2.24, 2.45) is 5.73 Å². The molecule has 0 unspecified atom stereocenters. The summed E-state index contributed by atoms with van der Waals surface area (Å²) in [6, 6.07) is 28.1. The topological polar surface area (TPSA) is 71.6 Å². The highest BCUT2D eigenvalue weighted by molar-refractivity contribution is 5.99. The molecule has 0 saturated heterocycles. The Balaban J connectivity index is 0.00000405. The van der Waals surface area contributed by atoms with Crippen molar-refractivity contribution in [2.75, 3.05) is 19.6 Å². The van der Waals surface area contributed by atoms with Crippen molar-refractivity contribution in [1.82, 2.24) is 14.4 Å². The first-order chi connectivity index (χ1) is 20.0. The molecule has 0 saturated carbocycles. The Morgan fingerprint density at radius 2 is 1.62 bits per heavy atom. The molecule has 4 aromatic rings. The van der Waals surface area contributed by atoms with Gasteiger partial charge in [0.05, 0.1) is 16.8 Å². The van der Waals surface area contributed by atoms with Gasteiger partial charge < -0.3 is 20.1 Å². The molecular weight excluding hydrogens is 544 g/mol. The van der Waals surface area contributed by atoms with E-state index < -0.39 is 0 Å². The highest BCUT2D eigenvalue weighted by Gasteiger charge is 2.31. The lowest BCUT2D eigenvalue weighted by Gasteiger charge is -2.36. The van der Waals surface area contributed by atoms with E-state index in [9.17, 15) is 9.59 Å². The second-order valence-corrected chi connectivity index (χ2v) is 10.9. The molecule has 2 amide bonds. The van der Waals surface area contributed by atoms with Crippen LogP contribution in [0.15, 0.2) is 91.1 Å². The third kappa shape index (κ3) is 6.77. The van der Waals surface area contributed by atoms with Gasteiger partial charge in [0, 0.05) is 44.1 Å². The Bertz CT molecular complexity index is 1500. The number of benzene rings is 3. The summed E-state index contributed by atoms with van der Waals surface area (Å²) in [5, 5.41) is 0. The van der Waals surface area contributed by atoms with E-state index in [0.717, 1.165) is 49.2 Å². The molecule has 2 N–H and O–H groups in total. The average Bonchev–Trinajstić information content (AvgIpc) is 3.41. The number of carbonyl (C=O) groups excluding carboxylic acids is 2.